The van der Waals surface area contributed by atoms with Gasteiger partial charge in [0.1, 0.15) is 5.78 Å². The third-order valence-corrected chi connectivity index (χ3v) is 3.79. The van der Waals surface area contributed by atoms with Gasteiger partial charge in [0, 0.05) is 19.4 Å². The Kier molecular flexibility index (Phi) is 4.72. The number of aliphatic hydroxyl groups excluding tert-OH is 1. The molecule has 0 heterocycles. The lowest BCUT2D eigenvalue weighted by atomic mass is 9.74. The number of rotatable bonds is 2. The van der Waals surface area contributed by atoms with E-state index >= 15 is 0 Å². The molecule has 0 radical (unpaired) electrons. The Morgan fingerprint density at radius 2 is 2.12 bits per heavy atom. The lowest BCUT2D eigenvalue weighted by molar-refractivity contribution is -0.121. The Morgan fingerprint density at radius 1 is 1.44 bits per heavy atom. The van der Waals surface area contributed by atoms with E-state index in [-0.39, 0.29) is 12.0 Å². The van der Waals surface area contributed by atoms with E-state index in [1.54, 1.807) is 0 Å². The van der Waals surface area contributed by atoms with Crippen molar-refractivity contribution < 1.29 is 9.90 Å². The third kappa shape index (κ3) is 3.75. The zero-order chi connectivity index (χ0) is 12.2. The van der Waals surface area contributed by atoms with Gasteiger partial charge in [0.25, 0.3) is 0 Å². The molecule has 1 aliphatic rings. The zero-order valence-corrected chi connectivity index (χ0v) is 10.8. The van der Waals surface area contributed by atoms with Gasteiger partial charge in [-0.05, 0) is 37.5 Å². The van der Waals surface area contributed by atoms with Gasteiger partial charge >= 0.3 is 0 Å². The Morgan fingerprint density at radius 3 is 2.75 bits per heavy atom. The predicted octanol–water partition coefficient (Wildman–Crippen LogP) is 3.10. The van der Waals surface area contributed by atoms with Gasteiger partial charge in [-0.3, -0.25) is 4.79 Å². The highest BCUT2D eigenvalue weighted by Gasteiger charge is 2.30. The van der Waals surface area contributed by atoms with Crippen molar-refractivity contribution in [2.45, 2.75) is 52.9 Å². The lowest BCUT2D eigenvalue weighted by Gasteiger charge is -2.32. The van der Waals surface area contributed by atoms with Crippen LogP contribution in [0.3, 0.4) is 0 Å². The average Bonchev–Trinajstić information content (AvgIpc) is 2.30. The van der Waals surface area contributed by atoms with Crippen LogP contribution >= 0.6 is 0 Å². The number of hydrogen-bond acceptors (Lipinski definition) is 2. The first-order chi connectivity index (χ1) is 7.45. The number of carbonyl (C=O) groups is 1. The van der Waals surface area contributed by atoms with Crippen LogP contribution in [0.25, 0.3) is 0 Å². The summed E-state index contributed by atoms with van der Waals surface area (Å²) in [5.74, 6) is 0.656. The standard InChI is InChI=1S/C14H24O2/c1-11-5-4-6-13(16)9-12(8-7-11)14(2,3)10-15/h5,12,15H,4,6-10H2,1-3H3/b11-5+/t12-/m1/s1. The molecule has 0 aromatic heterocycles. The quantitative estimate of drug-likeness (QED) is 0.732. The SMILES string of the molecule is C/C1=C\CCC(=O)C[C@H](C(C)(C)CO)CC1. The minimum absolute atomic E-state index is 0.139. The predicted molar refractivity (Wildman–Crippen MR) is 66.2 cm³/mol. The molecule has 16 heavy (non-hydrogen) atoms. The van der Waals surface area contributed by atoms with Crippen molar-refractivity contribution in [3.63, 3.8) is 0 Å². The van der Waals surface area contributed by atoms with E-state index in [2.05, 4.69) is 26.8 Å². The van der Waals surface area contributed by atoms with Crippen molar-refractivity contribution >= 4 is 5.78 Å². The molecule has 0 fully saturated rings. The topological polar surface area (TPSA) is 37.3 Å². The summed E-state index contributed by atoms with van der Waals surface area (Å²) >= 11 is 0. The second-order valence-electron chi connectivity index (χ2n) is 5.71. The van der Waals surface area contributed by atoms with E-state index in [1.165, 1.54) is 5.57 Å². The van der Waals surface area contributed by atoms with Gasteiger partial charge in [-0.15, -0.1) is 0 Å². The first-order valence-corrected chi connectivity index (χ1v) is 6.24. The summed E-state index contributed by atoms with van der Waals surface area (Å²) in [5.41, 5.74) is 1.24. The van der Waals surface area contributed by atoms with Crippen molar-refractivity contribution in [2.24, 2.45) is 11.3 Å². The fraction of sp³-hybridized carbons (Fsp3) is 0.786. The van der Waals surface area contributed by atoms with Gasteiger partial charge in [-0.2, -0.15) is 0 Å². The first-order valence-electron chi connectivity index (χ1n) is 6.24. The summed E-state index contributed by atoms with van der Waals surface area (Å²) in [6.07, 6.45) is 6.44. The minimum Gasteiger partial charge on any atom is -0.396 e. The molecule has 1 rings (SSSR count). The molecular formula is C14H24O2. The van der Waals surface area contributed by atoms with E-state index in [0.717, 1.165) is 19.3 Å². The molecule has 0 unspecified atom stereocenters. The maximum atomic E-state index is 11.8. The average molecular weight is 224 g/mol. The summed E-state index contributed by atoms with van der Waals surface area (Å²) < 4.78 is 0. The third-order valence-electron chi connectivity index (χ3n) is 3.79. The summed E-state index contributed by atoms with van der Waals surface area (Å²) in [7, 11) is 0. The summed E-state index contributed by atoms with van der Waals surface area (Å²) in [6.45, 7) is 6.41. The maximum Gasteiger partial charge on any atom is 0.133 e. The van der Waals surface area contributed by atoms with Gasteiger partial charge in [-0.25, -0.2) is 0 Å². The number of allylic oxidation sites excluding steroid dienone is 2. The Hall–Kier alpha value is -0.630. The van der Waals surface area contributed by atoms with Crippen molar-refractivity contribution in [1.82, 2.24) is 0 Å². The molecule has 1 aliphatic carbocycles. The van der Waals surface area contributed by atoms with Gasteiger partial charge in [-0.1, -0.05) is 25.5 Å². The second kappa shape index (κ2) is 5.62. The minimum atomic E-state index is -0.139. The van der Waals surface area contributed by atoms with E-state index in [0.29, 0.717) is 24.5 Å². The molecule has 1 N–H and O–H groups in total. The van der Waals surface area contributed by atoms with Crippen molar-refractivity contribution in [3.8, 4) is 0 Å². The number of carbonyl (C=O) groups excluding carboxylic acids is 1. The number of ketones is 1. The van der Waals surface area contributed by atoms with E-state index in [1.807, 2.05) is 0 Å². The highest BCUT2D eigenvalue weighted by molar-refractivity contribution is 5.78. The normalized spacial score (nSPS) is 27.6. The van der Waals surface area contributed by atoms with Gasteiger partial charge in [0.05, 0.1) is 0 Å². The highest BCUT2D eigenvalue weighted by atomic mass is 16.3. The van der Waals surface area contributed by atoms with E-state index in [4.69, 9.17) is 0 Å². The van der Waals surface area contributed by atoms with Crippen LogP contribution in [-0.4, -0.2) is 17.5 Å². The van der Waals surface area contributed by atoms with Crippen LogP contribution in [0, 0.1) is 11.3 Å². The Bertz CT molecular complexity index is 276. The fourth-order valence-corrected chi connectivity index (χ4v) is 2.26. The second-order valence-corrected chi connectivity index (χ2v) is 5.71. The smallest absolute Gasteiger partial charge is 0.133 e. The lowest BCUT2D eigenvalue weighted by Crippen LogP contribution is -2.29. The molecule has 92 valence electrons. The number of Topliss-reactive ketones (excluding diaryl/α,β-unsaturated/α-hetero) is 1. The molecule has 1 atom stereocenters. The van der Waals surface area contributed by atoms with Crippen LogP contribution in [0.5, 0.6) is 0 Å². The number of aliphatic hydroxyl groups is 1. The van der Waals surface area contributed by atoms with Crippen LogP contribution in [-0.2, 0) is 4.79 Å². The Labute approximate surface area is 98.7 Å². The largest absolute Gasteiger partial charge is 0.396 e. The molecular weight excluding hydrogens is 200 g/mol. The zero-order valence-electron chi connectivity index (χ0n) is 10.8. The van der Waals surface area contributed by atoms with Crippen LogP contribution in [0.15, 0.2) is 11.6 Å². The number of hydrogen-bond donors (Lipinski definition) is 1. The van der Waals surface area contributed by atoms with E-state index < -0.39 is 0 Å². The molecule has 0 saturated carbocycles. The van der Waals surface area contributed by atoms with Gasteiger partial charge in [0.2, 0.25) is 0 Å². The molecule has 0 aliphatic heterocycles. The van der Waals surface area contributed by atoms with Crippen LogP contribution in [0.1, 0.15) is 52.9 Å². The first kappa shape index (κ1) is 13.4. The molecule has 2 nitrogen and oxygen atoms in total. The molecule has 2 heteroatoms. The fourth-order valence-electron chi connectivity index (χ4n) is 2.26. The monoisotopic (exact) mass is 224 g/mol. The molecule has 0 aromatic rings. The van der Waals surface area contributed by atoms with Crippen LogP contribution < -0.4 is 0 Å². The van der Waals surface area contributed by atoms with Crippen LogP contribution in [0.4, 0.5) is 0 Å². The molecule has 0 amide bonds. The van der Waals surface area contributed by atoms with E-state index in [9.17, 15) is 9.90 Å². The van der Waals surface area contributed by atoms with Gasteiger partial charge < -0.3 is 5.11 Å². The summed E-state index contributed by atoms with van der Waals surface area (Å²) in [4.78, 5) is 11.8. The summed E-state index contributed by atoms with van der Waals surface area (Å²) in [5, 5.41) is 9.40. The molecule has 0 saturated heterocycles. The van der Waals surface area contributed by atoms with Gasteiger partial charge in [0.15, 0.2) is 0 Å². The molecule has 0 aromatic carbocycles. The van der Waals surface area contributed by atoms with Crippen LogP contribution in [0.2, 0.25) is 0 Å². The van der Waals surface area contributed by atoms with Crippen molar-refractivity contribution in [1.29, 1.82) is 0 Å². The highest BCUT2D eigenvalue weighted by Crippen LogP contribution is 2.35. The molecule has 0 spiro atoms. The maximum absolute atomic E-state index is 11.8. The van der Waals surface area contributed by atoms with Crippen molar-refractivity contribution in [3.05, 3.63) is 11.6 Å². The summed E-state index contributed by atoms with van der Waals surface area (Å²) in [6, 6.07) is 0. The Balaban J connectivity index is 2.76. The molecule has 0 bridgehead atoms. The van der Waals surface area contributed by atoms with Crippen molar-refractivity contribution in [2.75, 3.05) is 6.61 Å².